The third-order valence-electron chi connectivity index (χ3n) is 1.98. The second kappa shape index (κ2) is 5.35. The van der Waals surface area contributed by atoms with Crippen LogP contribution in [0.25, 0.3) is 0 Å². The van der Waals surface area contributed by atoms with Crippen molar-refractivity contribution in [1.29, 1.82) is 0 Å². The van der Waals surface area contributed by atoms with Crippen LogP contribution in [0.2, 0.25) is 0 Å². The first-order chi connectivity index (χ1) is 7.99. The number of phenolic OH excluding ortho intramolecular Hbond substituents is 1. The van der Waals surface area contributed by atoms with E-state index in [0.29, 0.717) is 5.75 Å². The fourth-order valence-corrected chi connectivity index (χ4v) is 1.33. The molecule has 17 heavy (non-hydrogen) atoms. The molecule has 0 aromatic heterocycles. The lowest BCUT2D eigenvalue weighted by molar-refractivity contribution is 0.0597. The summed E-state index contributed by atoms with van der Waals surface area (Å²) in [6, 6.07) is 2.81. The van der Waals surface area contributed by atoms with Gasteiger partial charge in [-0.3, -0.25) is 0 Å². The Labute approximate surface area is 103 Å². The third kappa shape index (κ3) is 2.97. The van der Waals surface area contributed by atoms with E-state index in [1.807, 2.05) is 0 Å². The first kappa shape index (κ1) is 13.0. The van der Waals surface area contributed by atoms with Gasteiger partial charge in [-0.2, -0.15) is 0 Å². The van der Waals surface area contributed by atoms with Crippen molar-refractivity contribution in [1.82, 2.24) is 0 Å². The lowest BCUT2D eigenvalue weighted by Gasteiger charge is -2.12. The highest BCUT2D eigenvalue weighted by Gasteiger charge is 2.17. The zero-order valence-electron chi connectivity index (χ0n) is 9.31. The van der Waals surface area contributed by atoms with Gasteiger partial charge < -0.3 is 25.6 Å². The molecule has 1 aromatic carbocycles. The van der Waals surface area contributed by atoms with Gasteiger partial charge in [0.1, 0.15) is 11.3 Å². The number of aromatic hydroxyl groups is 1. The number of carbonyl (C=O) groups is 1. The fraction of sp³-hybridized carbons (Fsp3) is 0.200. The number of nitrogens with one attached hydrogen (secondary N) is 1. The monoisotopic (exact) mass is 256 g/mol. The number of anilines is 1. The molecule has 4 N–H and O–H groups in total. The normalized spacial score (nSPS) is 9.53. The van der Waals surface area contributed by atoms with E-state index in [4.69, 9.17) is 10.5 Å². The largest absolute Gasteiger partial charge is 0.505 e. The highest BCUT2D eigenvalue weighted by molar-refractivity contribution is 7.80. The maximum Gasteiger partial charge on any atom is 0.341 e. The van der Waals surface area contributed by atoms with E-state index in [2.05, 4.69) is 22.3 Å². The van der Waals surface area contributed by atoms with Crippen LogP contribution in [-0.2, 0) is 4.74 Å². The Morgan fingerprint density at radius 2 is 2.12 bits per heavy atom. The Bertz CT molecular complexity index is 462. The number of ether oxygens (including phenoxy) is 2. The molecule has 0 aliphatic heterocycles. The minimum Gasteiger partial charge on any atom is -0.505 e. The van der Waals surface area contributed by atoms with Crippen LogP contribution in [0.1, 0.15) is 10.4 Å². The summed E-state index contributed by atoms with van der Waals surface area (Å²) >= 11 is 4.65. The number of phenols is 1. The van der Waals surface area contributed by atoms with Gasteiger partial charge in [0.25, 0.3) is 0 Å². The number of nitrogens with two attached hydrogens (primary N) is 1. The Morgan fingerprint density at radius 1 is 1.47 bits per heavy atom. The number of rotatable bonds is 3. The predicted molar refractivity (Wildman–Crippen MR) is 66.4 cm³/mol. The van der Waals surface area contributed by atoms with Crippen molar-refractivity contribution in [2.75, 3.05) is 19.5 Å². The lowest BCUT2D eigenvalue weighted by Crippen LogP contribution is -2.19. The first-order valence-electron chi connectivity index (χ1n) is 4.55. The number of benzene rings is 1. The van der Waals surface area contributed by atoms with Crippen molar-refractivity contribution in [3.05, 3.63) is 17.7 Å². The predicted octanol–water partition coefficient (Wildman–Crippen LogP) is 0.843. The SMILES string of the molecule is COC(=O)c1cc(OC)cc(NC(N)=S)c1O. The summed E-state index contributed by atoms with van der Waals surface area (Å²) in [4.78, 5) is 11.4. The topological polar surface area (TPSA) is 93.8 Å². The molecule has 1 rings (SSSR count). The minimum atomic E-state index is -0.688. The molecule has 0 saturated heterocycles. The van der Waals surface area contributed by atoms with Gasteiger partial charge in [-0.1, -0.05) is 0 Å². The summed E-state index contributed by atoms with van der Waals surface area (Å²) in [6.45, 7) is 0. The molecule has 92 valence electrons. The quantitative estimate of drug-likeness (QED) is 0.419. The summed E-state index contributed by atoms with van der Waals surface area (Å²) in [7, 11) is 2.64. The Kier molecular flexibility index (Phi) is 4.11. The zero-order chi connectivity index (χ0) is 13.0. The van der Waals surface area contributed by atoms with Gasteiger partial charge in [0.15, 0.2) is 10.9 Å². The molecular weight excluding hydrogens is 244 g/mol. The number of thiocarbonyl (C=S) groups is 1. The standard InChI is InChI=1S/C10H12N2O4S/c1-15-5-3-6(9(14)16-2)8(13)7(4-5)12-10(11)17/h3-4,13H,1-2H3,(H3,11,12,17). The molecule has 1 aromatic rings. The molecule has 0 aliphatic rings. The van der Waals surface area contributed by atoms with E-state index >= 15 is 0 Å². The Balaban J connectivity index is 3.30. The van der Waals surface area contributed by atoms with Crippen LogP contribution < -0.4 is 15.8 Å². The van der Waals surface area contributed by atoms with Gasteiger partial charge >= 0.3 is 5.97 Å². The van der Waals surface area contributed by atoms with Crippen molar-refractivity contribution in [3.63, 3.8) is 0 Å². The third-order valence-corrected chi connectivity index (χ3v) is 2.08. The molecule has 0 amide bonds. The van der Waals surface area contributed by atoms with Gasteiger partial charge in [0.2, 0.25) is 0 Å². The van der Waals surface area contributed by atoms with Gasteiger partial charge in [-0.25, -0.2) is 4.79 Å². The van der Waals surface area contributed by atoms with Crippen LogP contribution in [0.3, 0.4) is 0 Å². The van der Waals surface area contributed by atoms with Gasteiger partial charge in [-0.05, 0) is 18.3 Å². The Hall–Kier alpha value is -2.02. The van der Waals surface area contributed by atoms with Crippen molar-refractivity contribution in [2.24, 2.45) is 5.73 Å². The van der Waals surface area contributed by atoms with Gasteiger partial charge in [0, 0.05) is 6.07 Å². The lowest BCUT2D eigenvalue weighted by atomic mass is 10.1. The summed E-state index contributed by atoms with van der Waals surface area (Å²) in [5, 5.41) is 12.3. The van der Waals surface area contributed by atoms with E-state index in [1.54, 1.807) is 0 Å². The van der Waals surface area contributed by atoms with E-state index in [1.165, 1.54) is 26.4 Å². The average Bonchev–Trinajstić information content (AvgIpc) is 2.30. The van der Waals surface area contributed by atoms with Crippen LogP contribution in [0.5, 0.6) is 11.5 Å². The van der Waals surface area contributed by atoms with Crippen molar-refractivity contribution in [2.45, 2.75) is 0 Å². The number of methoxy groups -OCH3 is 2. The highest BCUT2D eigenvalue weighted by atomic mass is 32.1. The van der Waals surface area contributed by atoms with E-state index in [-0.39, 0.29) is 22.1 Å². The van der Waals surface area contributed by atoms with Crippen LogP contribution in [0.4, 0.5) is 5.69 Å². The Morgan fingerprint density at radius 3 is 2.59 bits per heavy atom. The zero-order valence-corrected chi connectivity index (χ0v) is 10.1. The smallest absolute Gasteiger partial charge is 0.341 e. The number of hydrogen-bond acceptors (Lipinski definition) is 5. The molecule has 7 heteroatoms. The maximum absolute atomic E-state index is 11.4. The van der Waals surface area contributed by atoms with E-state index in [9.17, 15) is 9.90 Å². The molecule has 0 radical (unpaired) electrons. The van der Waals surface area contributed by atoms with Crippen molar-refractivity contribution < 1.29 is 19.4 Å². The number of esters is 1. The molecule has 0 aliphatic carbocycles. The average molecular weight is 256 g/mol. The fourth-order valence-electron chi connectivity index (χ4n) is 1.22. The molecule has 0 unspecified atom stereocenters. The highest BCUT2D eigenvalue weighted by Crippen LogP contribution is 2.33. The molecule has 6 nitrogen and oxygen atoms in total. The molecule has 0 bridgehead atoms. The molecule has 0 heterocycles. The minimum absolute atomic E-state index is 0.0365. The summed E-state index contributed by atoms with van der Waals surface area (Å²) in [5.74, 6) is -0.625. The molecular formula is C10H12N2O4S. The summed E-state index contributed by atoms with van der Waals surface area (Å²) < 4.78 is 9.51. The van der Waals surface area contributed by atoms with Crippen LogP contribution in [0, 0.1) is 0 Å². The van der Waals surface area contributed by atoms with Gasteiger partial charge in [0.05, 0.1) is 19.9 Å². The second-order valence-corrected chi connectivity index (χ2v) is 3.49. The van der Waals surface area contributed by atoms with Gasteiger partial charge in [-0.15, -0.1) is 0 Å². The van der Waals surface area contributed by atoms with Crippen LogP contribution >= 0.6 is 12.2 Å². The molecule has 0 atom stereocenters. The van der Waals surface area contributed by atoms with E-state index in [0.717, 1.165) is 0 Å². The first-order valence-corrected chi connectivity index (χ1v) is 4.96. The molecule has 0 saturated carbocycles. The van der Waals surface area contributed by atoms with E-state index < -0.39 is 5.97 Å². The van der Waals surface area contributed by atoms with Crippen LogP contribution in [0.15, 0.2) is 12.1 Å². The number of carbonyl (C=O) groups excluding carboxylic acids is 1. The van der Waals surface area contributed by atoms with Crippen molar-refractivity contribution >= 4 is 29.0 Å². The summed E-state index contributed by atoms with van der Waals surface area (Å²) in [5.41, 5.74) is 5.44. The number of hydrogen-bond donors (Lipinski definition) is 3. The maximum atomic E-state index is 11.4. The second-order valence-electron chi connectivity index (χ2n) is 3.05. The van der Waals surface area contributed by atoms with Crippen molar-refractivity contribution in [3.8, 4) is 11.5 Å². The molecule has 0 fully saturated rings. The molecule has 0 spiro atoms. The van der Waals surface area contributed by atoms with Crippen LogP contribution in [-0.4, -0.2) is 30.4 Å². The summed E-state index contributed by atoms with van der Waals surface area (Å²) in [6.07, 6.45) is 0.